The summed E-state index contributed by atoms with van der Waals surface area (Å²) in [5.74, 6) is 1.73. The van der Waals surface area contributed by atoms with E-state index >= 15 is 0 Å². The van der Waals surface area contributed by atoms with Gasteiger partial charge in [0.15, 0.2) is 5.82 Å². The molecule has 1 saturated heterocycles. The molecule has 8 heteroatoms. The van der Waals surface area contributed by atoms with Crippen molar-refractivity contribution >= 4 is 17.8 Å². The molecule has 8 nitrogen and oxygen atoms in total. The Hall–Kier alpha value is -1.96. The molecule has 23 heavy (non-hydrogen) atoms. The molecule has 0 saturated carbocycles. The Labute approximate surface area is 137 Å². The van der Waals surface area contributed by atoms with Crippen molar-refractivity contribution in [2.45, 2.75) is 26.8 Å². The molecule has 0 radical (unpaired) electrons. The van der Waals surface area contributed by atoms with E-state index in [0.717, 1.165) is 26.2 Å². The second-order valence-corrected chi connectivity index (χ2v) is 6.44. The second-order valence-electron chi connectivity index (χ2n) is 6.44. The molecule has 1 aromatic heterocycles. The van der Waals surface area contributed by atoms with Gasteiger partial charge in [-0.05, 0) is 6.92 Å². The van der Waals surface area contributed by atoms with E-state index < -0.39 is 0 Å². The topological polar surface area (TPSA) is 91.5 Å². The molecule has 1 aromatic rings. The molecule has 2 rings (SSSR count). The Morgan fingerprint density at radius 1 is 1.09 bits per heavy atom. The summed E-state index contributed by atoms with van der Waals surface area (Å²) >= 11 is 0. The van der Waals surface area contributed by atoms with Crippen LogP contribution in [0.4, 0.5) is 11.9 Å². The van der Waals surface area contributed by atoms with Crippen molar-refractivity contribution in [3.8, 4) is 0 Å². The zero-order valence-electron chi connectivity index (χ0n) is 14.7. The highest BCUT2D eigenvalue weighted by molar-refractivity contribution is 5.78. The fourth-order valence-corrected chi connectivity index (χ4v) is 2.64. The molecule has 0 bridgehead atoms. The monoisotopic (exact) mass is 321 g/mol. The van der Waals surface area contributed by atoms with E-state index in [2.05, 4.69) is 26.8 Å². The number of anilines is 2. The van der Waals surface area contributed by atoms with Gasteiger partial charge in [-0.25, -0.2) is 0 Å². The highest BCUT2D eigenvalue weighted by atomic mass is 16.2. The van der Waals surface area contributed by atoms with Gasteiger partial charge in [0.25, 0.3) is 0 Å². The number of piperazine rings is 1. The minimum absolute atomic E-state index is 0.0373. The van der Waals surface area contributed by atoms with Crippen LogP contribution in [-0.4, -0.2) is 70.9 Å². The van der Waals surface area contributed by atoms with Crippen LogP contribution in [0.3, 0.4) is 0 Å². The number of nitrogens with two attached hydrogens (primary N) is 1. The molecule has 0 aliphatic carbocycles. The third kappa shape index (κ3) is 4.07. The van der Waals surface area contributed by atoms with Crippen molar-refractivity contribution in [3.05, 3.63) is 5.82 Å². The van der Waals surface area contributed by atoms with Crippen LogP contribution in [-0.2, 0) is 4.79 Å². The molecule has 1 fully saturated rings. The van der Waals surface area contributed by atoms with Gasteiger partial charge in [0.05, 0.1) is 6.04 Å². The summed E-state index contributed by atoms with van der Waals surface area (Å²) in [6, 6.07) is 0.0373. The van der Waals surface area contributed by atoms with Crippen LogP contribution >= 0.6 is 0 Å². The van der Waals surface area contributed by atoms with Gasteiger partial charge < -0.3 is 15.5 Å². The standard InChI is InChI=1S/C15H27N7O/c1-10(2)13(23)22-8-6-21(7-9-22)11(3)12-17-14(16)19-15(18-12)20(4)5/h10-11H,6-9H2,1-5H3,(H2,16,17,18,19). The van der Waals surface area contributed by atoms with E-state index in [4.69, 9.17) is 5.73 Å². The van der Waals surface area contributed by atoms with E-state index in [0.29, 0.717) is 11.8 Å². The molecule has 1 aliphatic heterocycles. The van der Waals surface area contributed by atoms with Crippen molar-refractivity contribution in [2.24, 2.45) is 5.92 Å². The molecule has 1 unspecified atom stereocenters. The second kappa shape index (κ2) is 7.08. The molecule has 2 N–H and O–H groups in total. The third-order valence-corrected chi connectivity index (χ3v) is 4.10. The van der Waals surface area contributed by atoms with Crippen molar-refractivity contribution in [1.29, 1.82) is 0 Å². The number of hydrogen-bond acceptors (Lipinski definition) is 7. The van der Waals surface area contributed by atoms with Gasteiger partial charge in [-0.3, -0.25) is 9.69 Å². The van der Waals surface area contributed by atoms with E-state index in [1.807, 2.05) is 37.7 Å². The Kier molecular flexibility index (Phi) is 5.35. The van der Waals surface area contributed by atoms with Crippen LogP contribution in [0.25, 0.3) is 0 Å². The Bertz CT molecular complexity index is 553. The van der Waals surface area contributed by atoms with E-state index in [1.165, 1.54) is 0 Å². The average molecular weight is 321 g/mol. The molecule has 1 atom stereocenters. The summed E-state index contributed by atoms with van der Waals surface area (Å²) in [6.07, 6.45) is 0. The van der Waals surface area contributed by atoms with Crippen molar-refractivity contribution < 1.29 is 4.79 Å². The van der Waals surface area contributed by atoms with Gasteiger partial charge >= 0.3 is 0 Å². The fraction of sp³-hybridized carbons (Fsp3) is 0.733. The van der Waals surface area contributed by atoms with Gasteiger partial charge in [-0.15, -0.1) is 0 Å². The van der Waals surface area contributed by atoms with Crippen LogP contribution in [0, 0.1) is 5.92 Å². The summed E-state index contributed by atoms with van der Waals surface area (Å²) in [5, 5.41) is 0. The van der Waals surface area contributed by atoms with Crippen molar-refractivity contribution in [2.75, 3.05) is 50.9 Å². The average Bonchev–Trinajstić information content (AvgIpc) is 2.52. The minimum atomic E-state index is 0.0373. The normalized spacial score (nSPS) is 17.4. The van der Waals surface area contributed by atoms with E-state index in [9.17, 15) is 4.79 Å². The number of rotatable bonds is 4. The number of carbonyl (C=O) groups excluding carboxylic acids is 1. The zero-order chi connectivity index (χ0) is 17.1. The molecule has 0 spiro atoms. The lowest BCUT2D eigenvalue weighted by atomic mass is 10.1. The maximum absolute atomic E-state index is 12.1. The Balaban J connectivity index is 2.05. The van der Waals surface area contributed by atoms with Crippen LogP contribution in [0.2, 0.25) is 0 Å². The Morgan fingerprint density at radius 3 is 2.22 bits per heavy atom. The van der Waals surface area contributed by atoms with Crippen molar-refractivity contribution in [1.82, 2.24) is 24.8 Å². The van der Waals surface area contributed by atoms with E-state index in [1.54, 1.807) is 0 Å². The predicted octanol–water partition coefficient (Wildman–Crippen LogP) is 0.381. The minimum Gasteiger partial charge on any atom is -0.368 e. The van der Waals surface area contributed by atoms with Crippen LogP contribution in [0.1, 0.15) is 32.6 Å². The summed E-state index contributed by atoms with van der Waals surface area (Å²) < 4.78 is 0. The summed E-state index contributed by atoms with van der Waals surface area (Å²) in [7, 11) is 3.75. The van der Waals surface area contributed by atoms with Crippen LogP contribution in [0.5, 0.6) is 0 Å². The first-order chi connectivity index (χ1) is 10.8. The van der Waals surface area contributed by atoms with Gasteiger partial charge in [-0.1, -0.05) is 13.8 Å². The lowest BCUT2D eigenvalue weighted by molar-refractivity contribution is -0.136. The predicted molar refractivity (Wildman–Crippen MR) is 90.0 cm³/mol. The number of carbonyl (C=O) groups is 1. The number of hydrogen-bond donors (Lipinski definition) is 1. The first-order valence-corrected chi connectivity index (χ1v) is 8.01. The number of aromatic nitrogens is 3. The lowest BCUT2D eigenvalue weighted by Crippen LogP contribution is -2.50. The Morgan fingerprint density at radius 2 is 1.70 bits per heavy atom. The first kappa shape index (κ1) is 17.4. The highest BCUT2D eigenvalue weighted by Crippen LogP contribution is 2.21. The molecular formula is C15H27N7O. The van der Waals surface area contributed by atoms with Crippen molar-refractivity contribution in [3.63, 3.8) is 0 Å². The lowest BCUT2D eigenvalue weighted by Gasteiger charge is -2.38. The molecule has 0 aromatic carbocycles. The number of nitrogens with zero attached hydrogens (tertiary/aromatic N) is 6. The fourth-order valence-electron chi connectivity index (χ4n) is 2.64. The zero-order valence-corrected chi connectivity index (χ0v) is 14.7. The molecule has 2 heterocycles. The number of amides is 1. The SMILES string of the molecule is CC(C)C(=O)N1CCN(C(C)c2nc(N)nc(N(C)C)n2)CC1. The first-order valence-electron chi connectivity index (χ1n) is 8.01. The van der Waals surface area contributed by atoms with Crippen LogP contribution < -0.4 is 10.6 Å². The van der Waals surface area contributed by atoms with E-state index in [-0.39, 0.29) is 23.8 Å². The largest absolute Gasteiger partial charge is 0.368 e. The number of nitrogen functional groups attached to an aromatic ring is 1. The molecule has 1 amide bonds. The van der Waals surface area contributed by atoms with Gasteiger partial charge in [0.2, 0.25) is 17.8 Å². The summed E-state index contributed by atoms with van der Waals surface area (Å²) in [6.45, 7) is 9.03. The van der Waals surface area contributed by atoms with Gasteiger partial charge in [0.1, 0.15) is 0 Å². The maximum Gasteiger partial charge on any atom is 0.229 e. The molecular weight excluding hydrogens is 294 g/mol. The molecule has 1 aliphatic rings. The molecule has 128 valence electrons. The summed E-state index contributed by atoms with van der Waals surface area (Å²) in [4.78, 5) is 31.0. The quantitative estimate of drug-likeness (QED) is 0.857. The third-order valence-electron chi connectivity index (χ3n) is 4.10. The van der Waals surface area contributed by atoms with Crippen LogP contribution in [0.15, 0.2) is 0 Å². The maximum atomic E-state index is 12.1. The summed E-state index contributed by atoms with van der Waals surface area (Å²) in [5.41, 5.74) is 5.80. The van der Waals surface area contributed by atoms with Gasteiger partial charge in [-0.2, -0.15) is 15.0 Å². The van der Waals surface area contributed by atoms with Gasteiger partial charge in [0, 0.05) is 46.2 Å². The smallest absolute Gasteiger partial charge is 0.229 e. The highest BCUT2D eigenvalue weighted by Gasteiger charge is 2.27.